The first-order valence-corrected chi connectivity index (χ1v) is 6.83. The third-order valence-corrected chi connectivity index (χ3v) is 3.04. The van der Waals surface area contributed by atoms with Crippen molar-refractivity contribution >= 4 is 17.5 Å². The third-order valence-electron chi connectivity index (χ3n) is 3.04. The van der Waals surface area contributed by atoms with Gasteiger partial charge in [0.15, 0.2) is 0 Å². The maximum atomic E-state index is 12.4. The minimum Gasteiger partial charge on any atom is -0.308 e. The summed E-state index contributed by atoms with van der Waals surface area (Å²) in [5, 5.41) is 7.03. The number of aromatic nitrogens is 3. The van der Waals surface area contributed by atoms with Gasteiger partial charge in [0.05, 0.1) is 5.69 Å². The summed E-state index contributed by atoms with van der Waals surface area (Å²) in [4.78, 5) is 16.7. The topological polar surface area (TPSA) is 97.9 Å². The lowest BCUT2D eigenvalue weighted by Gasteiger charge is -2.09. The van der Waals surface area contributed by atoms with Crippen LogP contribution in [0.2, 0.25) is 0 Å². The number of amides is 1. The number of hydrazine groups is 1. The normalized spacial score (nSPS) is 10.5. The molecule has 1 amide bonds. The van der Waals surface area contributed by atoms with Crippen LogP contribution in [0.3, 0.4) is 0 Å². The number of aryl methyl sites for hydroxylation is 3. The molecule has 0 atom stereocenters. The number of nitrogens with two attached hydrogens (primary N) is 1. The average Bonchev–Trinajstić information content (AvgIpc) is 2.76. The van der Waals surface area contributed by atoms with E-state index in [1.165, 1.54) is 0 Å². The Balaban J connectivity index is 2.25. The molecule has 0 aromatic carbocycles. The molecule has 0 fully saturated rings. The molecule has 0 radical (unpaired) electrons. The van der Waals surface area contributed by atoms with Crippen molar-refractivity contribution < 1.29 is 4.79 Å². The van der Waals surface area contributed by atoms with E-state index in [1.807, 2.05) is 13.0 Å². The smallest absolute Gasteiger partial charge is 0.257 e. The number of carbonyl (C=O) groups excluding carboxylic acids is 1. The number of nitrogen functional groups attached to an aromatic ring is 1. The van der Waals surface area contributed by atoms with E-state index >= 15 is 0 Å². The van der Waals surface area contributed by atoms with E-state index in [1.54, 1.807) is 23.9 Å². The summed E-state index contributed by atoms with van der Waals surface area (Å²) in [5.41, 5.74) is 4.68. The number of carbonyl (C=O) groups is 1. The van der Waals surface area contributed by atoms with Crippen LogP contribution in [0.25, 0.3) is 0 Å². The Kier molecular flexibility index (Phi) is 4.54. The van der Waals surface area contributed by atoms with Gasteiger partial charge in [-0.2, -0.15) is 5.10 Å². The lowest BCUT2D eigenvalue weighted by atomic mass is 10.1. The first-order valence-electron chi connectivity index (χ1n) is 6.83. The minimum absolute atomic E-state index is 0.214. The summed E-state index contributed by atoms with van der Waals surface area (Å²) < 4.78 is 1.63. The maximum Gasteiger partial charge on any atom is 0.257 e. The van der Waals surface area contributed by atoms with Crippen molar-refractivity contribution in [3.8, 4) is 0 Å². The lowest BCUT2D eigenvalue weighted by Crippen LogP contribution is -2.17. The van der Waals surface area contributed by atoms with Crippen molar-refractivity contribution in [2.24, 2.45) is 12.9 Å². The molecule has 0 aliphatic carbocycles. The highest BCUT2D eigenvalue weighted by Crippen LogP contribution is 2.14. The molecule has 2 aromatic heterocycles. The number of nitrogens with zero attached hydrogens (tertiary/aromatic N) is 3. The monoisotopic (exact) mass is 288 g/mol. The summed E-state index contributed by atoms with van der Waals surface area (Å²) in [5.74, 6) is 6.32. The third kappa shape index (κ3) is 3.57. The average molecular weight is 288 g/mol. The number of hydrogen-bond acceptors (Lipinski definition) is 5. The van der Waals surface area contributed by atoms with E-state index in [-0.39, 0.29) is 5.91 Å². The van der Waals surface area contributed by atoms with Crippen LogP contribution >= 0.6 is 0 Å². The second kappa shape index (κ2) is 6.36. The molecule has 21 heavy (non-hydrogen) atoms. The number of pyridine rings is 1. The van der Waals surface area contributed by atoms with Crippen molar-refractivity contribution in [2.45, 2.75) is 26.7 Å². The fourth-order valence-electron chi connectivity index (χ4n) is 2.09. The fraction of sp³-hybridized carbons (Fsp3) is 0.357. The van der Waals surface area contributed by atoms with Crippen molar-refractivity contribution in [2.75, 3.05) is 10.7 Å². The number of rotatable bonds is 5. The van der Waals surface area contributed by atoms with Gasteiger partial charge < -0.3 is 10.7 Å². The van der Waals surface area contributed by atoms with Crippen molar-refractivity contribution in [3.63, 3.8) is 0 Å². The minimum atomic E-state index is -0.214. The molecule has 112 valence electrons. The Bertz CT molecular complexity index is 649. The summed E-state index contributed by atoms with van der Waals surface area (Å²) in [6.45, 7) is 3.93. The molecule has 2 rings (SSSR count). The number of hydrogen-bond donors (Lipinski definition) is 3. The first kappa shape index (κ1) is 15.0. The molecular weight excluding hydrogens is 268 g/mol. The molecule has 0 unspecified atom stereocenters. The van der Waals surface area contributed by atoms with Gasteiger partial charge in [0.2, 0.25) is 0 Å². The molecule has 0 aliphatic heterocycles. The largest absolute Gasteiger partial charge is 0.308 e. The molecule has 7 nitrogen and oxygen atoms in total. The van der Waals surface area contributed by atoms with Crippen molar-refractivity contribution in [1.82, 2.24) is 14.8 Å². The maximum absolute atomic E-state index is 12.4. The molecular formula is C14H20N6O. The standard InChI is InChI=1S/C14H20N6O/c1-4-5-11-7-10(8-12(16-11)18-15)14(21)17-13-6-9(2)19-20(13)3/h6-8H,4-5,15H2,1-3H3,(H,16,18)(H,17,21). The number of nitrogens with one attached hydrogen (secondary N) is 2. The summed E-state index contributed by atoms with van der Waals surface area (Å²) in [7, 11) is 1.78. The first-order chi connectivity index (χ1) is 10.0. The molecule has 4 N–H and O–H groups in total. The Hall–Kier alpha value is -2.41. The van der Waals surface area contributed by atoms with Crippen molar-refractivity contribution in [1.29, 1.82) is 0 Å². The zero-order chi connectivity index (χ0) is 15.4. The van der Waals surface area contributed by atoms with Crippen LogP contribution in [0, 0.1) is 6.92 Å². The van der Waals surface area contributed by atoms with Crippen LogP contribution in [-0.4, -0.2) is 20.7 Å². The zero-order valence-corrected chi connectivity index (χ0v) is 12.5. The SMILES string of the molecule is CCCc1cc(C(=O)Nc2cc(C)nn2C)cc(NN)n1. The van der Waals surface area contributed by atoms with Gasteiger partial charge in [-0.25, -0.2) is 10.8 Å². The zero-order valence-electron chi connectivity index (χ0n) is 12.5. The van der Waals surface area contributed by atoms with Gasteiger partial charge >= 0.3 is 0 Å². The van der Waals surface area contributed by atoms with Gasteiger partial charge in [0, 0.05) is 24.4 Å². The summed E-state index contributed by atoms with van der Waals surface area (Å²) in [6, 6.07) is 5.22. The van der Waals surface area contributed by atoms with Crippen LogP contribution < -0.4 is 16.6 Å². The highest BCUT2D eigenvalue weighted by atomic mass is 16.1. The fourth-order valence-corrected chi connectivity index (χ4v) is 2.09. The lowest BCUT2D eigenvalue weighted by molar-refractivity contribution is 0.102. The van der Waals surface area contributed by atoms with E-state index < -0.39 is 0 Å². The predicted octanol–water partition coefficient (Wildman–Crippen LogP) is 1.61. The summed E-state index contributed by atoms with van der Waals surface area (Å²) >= 11 is 0. The Morgan fingerprint density at radius 1 is 1.38 bits per heavy atom. The molecule has 0 saturated carbocycles. The highest BCUT2D eigenvalue weighted by Gasteiger charge is 2.12. The molecule has 2 heterocycles. The van der Waals surface area contributed by atoms with Gasteiger partial charge in [0.1, 0.15) is 11.6 Å². The van der Waals surface area contributed by atoms with Crippen LogP contribution in [0.5, 0.6) is 0 Å². The Morgan fingerprint density at radius 3 is 2.71 bits per heavy atom. The van der Waals surface area contributed by atoms with Crippen LogP contribution in [0.15, 0.2) is 18.2 Å². The van der Waals surface area contributed by atoms with Gasteiger partial charge in [0.25, 0.3) is 5.91 Å². The second-order valence-electron chi connectivity index (χ2n) is 4.88. The highest BCUT2D eigenvalue weighted by molar-refractivity contribution is 6.04. The predicted molar refractivity (Wildman–Crippen MR) is 81.9 cm³/mol. The van der Waals surface area contributed by atoms with Gasteiger partial charge in [-0.3, -0.25) is 9.48 Å². The van der Waals surface area contributed by atoms with Crippen LogP contribution in [0.4, 0.5) is 11.6 Å². The summed E-state index contributed by atoms with van der Waals surface area (Å²) in [6.07, 6.45) is 1.74. The van der Waals surface area contributed by atoms with Crippen LogP contribution in [0.1, 0.15) is 35.1 Å². The molecule has 2 aromatic rings. The van der Waals surface area contributed by atoms with Crippen molar-refractivity contribution in [3.05, 3.63) is 35.2 Å². The second-order valence-corrected chi connectivity index (χ2v) is 4.88. The van der Waals surface area contributed by atoms with Gasteiger partial charge in [-0.05, 0) is 25.5 Å². The van der Waals surface area contributed by atoms with Gasteiger partial charge in [-0.1, -0.05) is 13.3 Å². The van der Waals surface area contributed by atoms with Crippen LogP contribution in [-0.2, 0) is 13.5 Å². The van der Waals surface area contributed by atoms with E-state index in [9.17, 15) is 4.79 Å². The molecule has 0 spiro atoms. The van der Waals surface area contributed by atoms with Gasteiger partial charge in [-0.15, -0.1) is 0 Å². The molecule has 0 bridgehead atoms. The quantitative estimate of drug-likeness (QED) is 0.573. The Labute approximate surface area is 123 Å². The molecule has 0 aliphatic rings. The van der Waals surface area contributed by atoms with E-state index in [2.05, 4.69) is 27.7 Å². The molecule has 0 saturated heterocycles. The van der Waals surface area contributed by atoms with E-state index in [4.69, 9.17) is 5.84 Å². The molecule has 7 heteroatoms. The Morgan fingerprint density at radius 2 is 2.14 bits per heavy atom. The number of anilines is 2. The van der Waals surface area contributed by atoms with E-state index in [0.29, 0.717) is 17.2 Å². The van der Waals surface area contributed by atoms with E-state index in [0.717, 1.165) is 24.2 Å².